The molecule has 0 saturated heterocycles. The number of fused-ring (bicyclic) bond motifs is 1. The highest BCUT2D eigenvalue weighted by molar-refractivity contribution is 14.1. The Bertz CT molecular complexity index is 1130. The van der Waals surface area contributed by atoms with Crippen LogP contribution in [0, 0.1) is 3.57 Å². The molecule has 2 N–H and O–H groups in total. The van der Waals surface area contributed by atoms with Crippen LogP contribution in [0.4, 0.5) is 5.69 Å². The van der Waals surface area contributed by atoms with Crippen LogP contribution in [0.1, 0.15) is 20.7 Å². The molecule has 1 heterocycles. The fraction of sp³-hybridized carbons (Fsp3) is 0.0455. The van der Waals surface area contributed by atoms with Gasteiger partial charge in [-0.2, -0.15) is 0 Å². The zero-order valence-corrected chi connectivity index (χ0v) is 17.6. The zero-order valence-electron chi connectivity index (χ0n) is 15.5. The monoisotopic (exact) mass is 514 g/mol. The second-order valence-electron chi connectivity index (χ2n) is 6.41. The first kappa shape index (κ1) is 19.9. The lowest BCUT2D eigenvalue weighted by molar-refractivity contribution is -0.118. The Kier molecular flexibility index (Phi) is 5.66. The Hall–Kier alpha value is -3.40. The van der Waals surface area contributed by atoms with E-state index in [1.54, 1.807) is 48.5 Å². The lowest BCUT2D eigenvalue weighted by atomic mass is 10.1. The van der Waals surface area contributed by atoms with Gasteiger partial charge in [-0.25, -0.2) is 0 Å². The van der Waals surface area contributed by atoms with E-state index in [4.69, 9.17) is 9.47 Å². The topological polar surface area (TPSA) is 93.7 Å². The van der Waals surface area contributed by atoms with Crippen molar-refractivity contribution in [3.63, 3.8) is 0 Å². The van der Waals surface area contributed by atoms with Crippen LogP contribution in [-0.4, -0.2) is 24.3 Å². The number of anilines is 1. The van der Waals surface area contributed by atoms with Gasteiger partial charge in [0.05, 0.1) is 11.1 Å². The van der Waals surface area contributed by atoms with E-state index < -0.39 is 11.8 Å². The lowest BCUT2D eigenvalue weighted by Crippen LogP contribution is -2.20. The van der Waals surface area contributed by atoms with E-state index in [-0.39, 0.29) is 18.1 Å². The number of nitrogens with one attached hydrogen (secondary N) is 2. The first-order chi connectivity index (χ1) is 14.5. The van der Waals surface area contributed by atoms with Gasteiger partial charge in [0.15, 0.2) is 6.61 Å². The van der Waals surface area contributed by atoms with Crippen molar-refractivity contribution in [2.75, 3.05) is 11.9 Å². The Labute approximate surface area is 185 Å². The summed E-state index contributed by atoms with van der Waals surface area (Å²) in [4.78, 5) is 35.4. The quantitative estimate of drug-likeness (QED) is 0.384. The van der Waals surface area contributed by atoms with Crippen LogP contribution in [0.15, 0.2) is 66.7 Å². The first-order valence-corrected chi connectivity index (χ1v) is 10.0. The molecule has 3 aromatic rings. The summed E-state index contributed by atoms with van der Waals surface area (Å²) in [7, 11) is 0. The van der Waals surface area contributed by atoms with Crippen molar-refractivity contribution in [2.24, 2.45) is 0 Å². The highest BCUT2D eigenvalue weighted by Gasteiger charge is 2.26. The fourth-order valence-electron chi connectivity index (χ4n) is 2.83. The smallest absolute Gasteiger partial charge is 0.262 e. The largest absolute Gasteiger partial charge is 0.484 e. The van der Waals surface area contributed by atoms with Crippen LogP contribution in [-0.2, 0) is 4.79 Å². The fourth-order valence-corrected chi connectivity index (χ4v) is 3.19. The van der Waals surface area contributed by atoms with E-state index >= 15 is 0 Å². The number of hydrogen-bond donors (Lipinski definition) is 2. The van der Waals surface area contributed by atoms with Gasteiger partial charge >= 0.3 is 0 Å². The van der Waals surface area contributed by atoms with Gasteiger partial charge < -0.3 is 14.8 Å². The molecule has 0 atom stereocenters. The second kappa shape index (κ2) is 8.54. The average molecular weight is 514 g/mol. The van der Waals surface area contributed by atoms with Crippen molar-refractivity contribution in [3.05, 3.63) is 81.4 Å². The predicted molar refractivity (Wildman–Crippen MR) is 118 cm³/mol. The minimum Gasteiger partial charge on any atom is -0.484 e. The number of carbonyl (C=O) groups is 3. The highest BCUT2D eigenvalue weighted by Crippen LogP contribution is 2.27. The van der Waals surface area contributed by atoms with Gasteiger partial charge in [0, 0.05) is 9.26 Å². The summed E-state index contributed by atoms with van der Waals surface area (Å²) in [5.41, 5.74) is 1.21. The number of ether oxygens (including phenoxy) is 2. The van der Waals surface area contributed by atoms with E-state index in [2.05, 4.69) is 33.2 Å². The molecule has 0 bridgehead atoms. The van der Waals surface area contributed by atoms with Gasteiger partial charge in [-0.15, -0.1) is 0 Å². The van der Waals surface area contributed by atoms with Crippen LogP contribution in [0.25, 0.3) is 0 Å². The zero-order chi connectivity index (χ0) is 21.1. The molecule has 3 amide bonds. The van der Waals surface area contributed by atoms with Gasteiger partial charge in [-0.1, -0.05) is 0 Å². The van der Waals surface area contributed by atoms with E-state index in [0.717, 1.165) is 3.57 Å². The molecule has 0 radical (unpaired) electrons. The highest BCUT2D eigenvalue weighted by atomic mass is 127. The number of hydrogen-bond acceptors (Lipinski definition) is 5. The molecule has 0 unspecified atom stereocenters. The van der Waals surface area contributed by atoms with Crippen molar-refractivity contribution >= 4 is 46.0 Å². The number of amides is 3. The Morgan fingerprint density at radius 1 is 0.833 bits per heavy atom. The standard InChI is InChI=1S/C22H15IN2O5/c23-13-1-5-15(6-2-13)29-12-20(26)24-14-3-7-16(8-4-14)30-17-9-10-18-19(11-17)22(28)25-21(18)27/h1-11H,12H2,(H,24,26)(H,25,27,28). The number of imide groups is 1. The summed E-state index contributed by atoms with van der Waals surface area (Å²) in [5.74, 6) is 0.447. The molecule has 30 heavy (non-hydrogen) atoms. The normalized spacial score (nSPS) is 12.2. The van der Waals surface area contributed by atoms with Gasteiger partial charge in [0.1, 0.15) is 17.2 Å². The summed E-state index contributed by atoms with van der Waals surface area (Å²) < 4.78 is 12.3. The molecule has 8 heteroatoms. The third-order valence-corrected chi connectivity index (χ3v) is 4.98. The third-order valence-electron chi connectivity index (χ3n) is 4.26. The maximum absolute atomic E-state index is 12.1. The molecule has 4 rings (SSSR count). The summed E-state index contributed by atoms with van der Waals surface area (Å²) in [6.45, 7) is -0.102. The molecule has 0 aliphatic carbocycles. The molecule has 7 nitrogen and oxygen atoms in total. The summed E-state index contributed by atoms with van der Waals surface area (Å²) in [6.07, 6.45) is 0. The summed E-state index contributed by atoms with van der Waals surface area (Å²) in [6, 6.07) is 18.9. The van der Waals surface area contributed by atoms with E-state index in [1.807, 2.05) is 12.1 Å². The van der Waals surface area contributed by atoms with E-state index in [9.17, 15) is 14.4 Å². The number of carbonyl (C=O) groups excluding carboxylic acids is 3. The summed E-state index contributed by atoms with van der Waals surface area (Å²) >= 11 is 2.20. The first-order valence-electron chi connectivity index (χ1n) is 8.94. The molecular weight excluding hydrogens is 499 g/mol. The molecule has 0 spiro atoms. The van der Waals surface area contributed by atoms with Crippen molar-refractivity contribution in [3.8, 4) is 17.2 Å². The second-order valence-corrected chi connectivity index (χ2v) is 7.65. The minimum absolute atomic E-state index is 0.102. The van der Waals surface area contributed by atoms with Crippen molar-refractivity contribution < 1.29 is 23.9 Å². The molecule has 3 aromatic carbocycles. The Morgan fingerprint density at radius 2 is 1.47 bits per heavy atom. The molecular formula is C22H15IN2O5. The van der Waals surface area contributed by atoms with Gasteiger partial charge in [0.25, 0.3) is 17.7 Å². The van der Waals surface area contributed by atoms with Crippen LogP contribution in [0.5, 0.6) is 17.2 Å². The van der Waals surface area contributed by atoms with Crippen molar-refractivity contribution in [1.82, 2.24) is 5.32 Å². The average Bonchev–Trinajstić information content (AvgIpc) is 3.02. The number of halogens is 1. The predicted octanol–water partition coefficient (Wildman–Crippen LogP) is 3.98. The third kappa shape index (κ3) is 4.60. The lowest BCUT2D eigenvalue weighted by Gasteiger charge is -2.09. The van der Waals surface area contributed by atoms with Crippen molar-refractivity contribution in [1.29, 1.82) is 0 Å². The Balaban J connectivity index is 1.33. The van der Waals surface area contributed by atoms with E-state index in [1.165, 1.54) is 6.07 Å². The van der Waals surface area contributed by atoms with Gasteiger partial charge in [-0.3, -0.25) is 19.7 Å². The summed E-state index contributed by atoms with van der Waals surface area (Å²) in [5, 5.41) is 4.99. The van der Waals surface area contributed by atoms with Crippen LogP contribution in [0.3, 0.4) is 0 Å². The van der Waals surface area contributed by atoms with E-state index in [0.29, 0.717) is 28.5 Å². The van der Waals surface area contributed by atoms with Crippen LogP contribution in [0.2, 0.25) is 0 Å². The molecule has 0 saturated carbocycles. The molecule has 150 valence electrons. The molecule has 0 fully saturated rings. The van der Waals surface area contributed by atoms with Crippen LogP contribution < -0.4 is 20.1 Å². The molecule has 1 aliphatic rings. The number of benzene rings is 3. The maximum Gasteiger partial charge on any atom is 0.262 e. The number of rotatable bonds is 6. The molecule has 0 aromatic heterocycles. The van der Waals surface area contributed by atoms with Gasteiger partial charge in [0.2, 0.25) is 0 Å². The molecule has 1 aliphatic heterocycles. The van der Waals surface area contributed by atoms with Crippen molar-refractivity contribution in [2.45, 2.75) is 0 Å². The Morgan fingerprint density at radius 3 is 2.20 bits per heavy atom. The SMILES string of the molecule is O=C(COc1ccc(I)cc1)Nc1ccc(Oc2ccc3c(c2)C(=O)NC3=O)cc1. The van der Waals surface area contributed by atoms with Crippen LogP contribution >= 0.6 is 22.6 Å². The maximum atomic E-state index is 12.1. The minimum atomic E-state index is -0.439. The van der Waals surface area contributed by atoms with Gasteiger partial charge in [-0.05, 0) is 89.3 Å².